The minimum atomic E-state index is -1.24. The minimum Gasteiger partial charge on any atom is -0.480 e. The van der Waals surface area contributed by atoms with Gasteiger partial charge in [-0.25, -0.2) is 4.79 Å². The number of nitrogens with one attached hydrogen (secondary N) is 2. The van der Waals surface area contributed by atoms with Crippen LogP contribution in [-0.4, -0.2) is 77.9 Å². The number of hydrogen-bond acceptors (Lipinski definition) is 5. The number of halogens is 2. The summed E-state index contributed by atoms with van der Waals surface area (Å²) < 4.78 is 5.74. The van der Waals surface area contributed by atoms with Crippen LogP contribution >= 0.6 is 23.2 Å². The zero-order valence-electron chi connectivity index (χ0n) is 21.9. The van der Waals surface area contributed by atoms with E-state index in [1.54, 1.807) is 30.1 Å². The molecule has 40 heavy (non-hydrogen) atoms. The number of furan rings is 1. The molecule has 2 aliphatic heterocycles. The van der Waals surface area contributed by atoms with Crippen molar-refractivity contribution < 1.29 is 23.9 Å². The Bertz CT molecular complexity index is 1460. The Morgan fingerprint density at radius 1 is 1.10 bits per heavy atom. The van der Waals surface area contributed by atoms with Crippen molar-refractivity contribution in [2.45, 2.75) is 31.8 Å². The van der Waals surface area contributed by atoms with Crippen molar-refractivity contribution in [3.8, 4) is 0 Å². The van der Waals surface area contributed by atoms with Crippen LogP contribution in [0.15, 0.2) is 45.8 Å². The first-order valence-electron chi connectivity index (χ1n) is 13.0. The third kappa shape index (κ3) is 5.59. The highest BCUT2D eigenvalue weighted by atomic mass is 35.5. The van der Waals surface area contributed by atoms with Crippen LogP contribution in [0.5, 0.6) is 0 Å². The molecule has 0 spiro atoms. The van der Waals surface area contributed by atoms with Crippen LogP contribution in [0.3, 0.4) is 0 Å². The highest BCUT2D eigenvalue weighted by Crippen LogP contribution is 2.35. The van der Waals surface area contributed by atoms with E-state index in [4.69, 9.17) is 27.6 Å². The summed E-state index contributed by atoms with van der Waals surface area (Å²) in [6.07, 6.45) is 2.48. The van der Waals surface area contributed by atoms with Gasteiger partial charge in [0.2, 0.25) is 0 Å². The Kier molecular flexibility index (Phi) is 8.18. The fraction of sp³-hybridized carbons (Fsp3) is 0.357. The van der Waals surface area contributed by atoms with E-state index in [-0.39, 0.29) is 40.4 Å². The SMILES string of the molecule is C/N=C(/NC[C@H](NC(=O)c1c(Cl)cc2c(c1Cl)CCN(C(=O)c1cc3ccccc3o1)C2)C(=O)O)N1CCCC1. The maximum atomic E-state index is 13.2. The number of amides is 2. The number of fused-ring (bicyclic) bond motifs is 2. The standard InChI is InChI=1S/C28H29Cl2N5O5/c1-31-28(34-9-4-5-10-34)32-14-20(27(38)39)33-25(36)23-19(29)12-17-15-35(11-8-18(17)24(23)30)26(37)22-13-16-6-2-3-7-21(16)40-22/h2-3,6-7,12-13,20H,4-5,8-11,14-15H2,1H3,(H,31,32)(H,33,36)(H,38,39)/t20-/m0/s1. The number of aliphatic carboxylic acids is 1. The van der Waals surface area contributed by atoms with E-state index in [9.17, 15) is 19.5 Å². The van der Waals surface area contributed by atoms with Crippen LogP contribution < -0.4 is 10.6 Å². The van der Waals surface area contributed by atoms with Crippen molar-refractivity contribution in [1.82, 2.24) is 20.4 Å². The molecule has 2 aliphatic rings. The minimum absolute atomic E-state index is 0.00863. The quantitative estimate of drug-likeness (QED) is 0.296. The van der Waals surface area contributed by atoms with Gasteiger partial charge in [-0.05, 0) is 48.6 Å². The number of benzene rings is 2. The number of carboxylic acid groups (broad SMARTS) is 1. The number of carbonyl (C=O) groups excluding carboxylic acids is 2. The molecule has 3 N–H and O–H groups in total. The summed E-state index contributed by atoms with van der Waals surface area (Å²) in [6.45, 7) is 2.21. The zero-order chi connectivity index (χ0) is 28.4. The number of hydrogen-bond donors (Lipinski definition) is 3. The molecule has 0 aliphatic carbocycles. The molecular formula is C28H29Cl2N5O5. The van der Waals surface area contributed by atoms with E-state index >= 15 is 0 Å². The number of guanidine groups is 1. The number of aliphatic imine (C=N–C) groups is 1. The first-order chi connectivity index (χ1) is 19.3. The smallest absolute Gasteiger partial charge is 0.328 e. The first-order valence-corrected chi connectivity index (χ1v) is 13.8. The third-order valence-corrected chi connectivity index (χ3v) is 7.96. The van der Waals surface area contributed by atoms with E-state index in [0.717, 1.165) is 31.3 Å². The Hall–Kier alpha value is -3.76. The van der Waals surface area contributed by atoms with Gasteiger partial charge in [0.05, 0.1) is 15.6 Å². The molecule has 210 valence electrons. The van der Waals surface area contributed by atoms with Crippen molar-refractivity contribution in [3.63, 3.8) is 0 Å². The second-order valence-corrected chi connectivity index (χ2v) is 10.6. The molecule has 1 atom stereocenters. The van der Waals surface area contributed by atoms with Gasteiger partial charge in [0, 0.05) is 45.2 Å². The van der Waals surface area contributed by atoms with E-state index in [2.05, 4.69) is 15.6 Å². The van der Waals surface area contributed by atoms with Gasteiger partial charge in [-0.2, -0.15) is 0 Å². The van der Waals surface area contributed by atoms with Crippen LogP contribution in [0.4, 0.5) is 0 Å². The Morgan fingerprint density at radius 2 is 1.85 bits per heavy atom. The van der Waals surface area contributed by atoms with E-state index in [1.165, 1.54) is 0 Å². The maximum absolute atomic E-state index is 13.2. The molecule has 1 fully saturated rings. The van der Waals surface area contributed by atoms with Crippen molar-refractivity contribution in [1.29, 1.82) is 0 Å². The lowest BCUT2D eigenvalue weighted by atomic mass is 9.96. The molecule has 1 saturated heterocycles. The molecule has 2 amide bonds. The summed E-state index contributed by atoms with van der Waals surface area (Å²) in [5.41, 5.74) is 2.06. The van der Waals surface area contributed by atoms with Gasteiger partial charge in [-0.15, -0.1) is 0 Å². The molecule has 0 bridgehead atoms. The summed E-state index contributed by atoms with van der Waals surface area (Å²) in [7, 11) is 1.63. The lowest BCUT2D eigenvalue weighted by Gasteiger charge is -2.30. The van der Waals surface area contributed by atoms with Gasteiger partial charge < -0.3 is 30.0 Å². The number of para-hydroxylation sites is 1. The Balaban J connectivity index is 1.29. The predicted molar refractivity (Wildman–Crippen MR) is 152 cm³/mol. The lowest BCUT2D eigenvalue weighted by Crippen LogP contribution is -2.51. The second-order valence-electron chi connectivity index (χ2n) is 9.80. The molecule has 5 rings (SSSR count). The van der Waals surface area contributed by atoms with Gasteiger partial charge >= 0.3 is 5.97 Å². The van der Waals surface area contributed by atoms with Crippen LogP contribution in [0.1, 0.15) is 44.9 Å². The molecule has 3 heterocycles. The van der Waals surface area contributed by atoms with Crippen molar-refractivity contribution >= 4 is 57.9 Å². The van der Waals surface area contributed by atoms with Crippen molar-refractivity contribution in [3.05, 3.63) is 68.9 Å². The molecule has 0 saturated carbocycles. The predicted octanol–water partition coefficient (Wildman–Crippen LogP) is 3.79. The number of carboxylic acids is 1. The highest BCUT2D eigenvalue weighted by molar-refractivity contribution is 6.40. The molecule has 0 radical (unpaired) electrons. The van der Waals surface area contributed by atoms with Crippen molar-refractivity contribution in [2.24, 2.45) is 4.99 Å². The summed E-state index contributed by atoms with van der Waals surface area (Å²) in [6, 6.07) is 9.48. The van der Waals surface area contributed by atoms with E-state index < -0.39 is 17.9 Å². The Morgan fingerprint density at radius 3 is 2.55 bits per heavy atom. The number of likely N-dealkylation sites (tertiary alicyclic amines) is 1. The fourth-order valence-electron chi connectivity index (χ4n) is 5.16. The highest BCUT2D eigenvalue weighted by Gasteiger charge is 2.30. The van der Waals surface area contributed by atoms with Gasteiger partial charge in [-0.1, -0.05) is 41.4 Å². The van der Waals surface area contributed by atoms with Gasteiger partial charge in [0.25, 0.3) is 11.8 Å². The van der Waals surface area contributed by atoms with Crippen LogP contribution in [0.2, 0.25) is 10.0 Å². The van der Waals surface area contributed by atoms with Gasteiger partial charge in [0.15, 0.2) is 11.7 Å². The monoisotopic (exact) mass is 585 g/mol. The zero-order valence-corrected chi connectivity index (χ0v) is 23.4. The number of rotatable bonds is 6. The first kappa shape index (κ1) is 27.8. The van der Waals surface area contributed by atoms with Gasteiger partial charge in [-0.3, -0.25) is 14.6 Å². The molecule has 1 aromatic heterocycles. The van der Waals surface area contributed by atoms with E-state index in [0.29, 0.717) is 35.6 Å². The number of carbonyl (C=O) groups is 3. The molecule has 3 aromatic rings. The van der Waals surface area contributed by atoms with Crippen LogP contribution in [-0.2, 0) is 17.8 Å². The largest absolute Gasteiger partial charge is 0.480 e. The molecule has 12 heteroatoms. The third-order valence-electron chi connectivity index (χ3n) is 7.24. The molecule has 0 unspecified atom stereocenters. The van der Waals surface area contributed by atoms with Crippen LogP contribution in [0.25, 0.3) is 11.0 Å². The summed E-state index contributed by atoms with van der Waals surface area (Å²) in [5, 5.41) is 16.4. The van der Waals surface area contributed by atoms with Crippen LogP contribution in [0, 0.1) is 0 Å². The molecule has 10 nitrogen and oxygen atoms in total. The lowest BCUT2D eigenvalue weighted by molar-refractivity contribution is -0.139. The normalized spacial score (nSPS) is 16.1. The van der Waals surface area contributed by atoms with E-state index in [1.807, 2.05) is 23.1 Å². The topological polar surface area (TPSA) is 127 Å². The van der Waals surface area contributed by atoms with Gasteiger partial charge in [0.1, 0.15) is 11.6 Å². The fourth-order valence-corrected chi connectivity index (χ4v) is 5.93. The van der Waals surface area contributed by atoms with Crippen molar-refractivity contribution in [2.75, 3.05) is 33.2 Å². The molecular weight excluding hydrogens is 557 g/mol. The molecule has 2 aromatic carbocycles. The average Bonchev–Trinajstić information content (AvgIpc) is 3.62. The number of nitrogens with zero attached hydrogens (tertiary/aromatic N) is 3. The summed E-state index contributed by atoms with van der Waals surface area (Å²) in [5.74, 6) is -1.32. The maximum Gasteiger partial charge on any atom is 0.328 e. The Labute approximate surface area is 240 Å². The average molecular weight is 586 g/mol. The second kappa shape index (κ2) is 11.8. The summed E-state index contributed by atoms with van der Waals surface area (Å²) >= 11 is 13.2. The summed E-state index contributed by atoms with van der Waals surface area (Å²) in [4.78, 5) is 46.2.